The van der Waals surface area contributed by atoms with Gasteiger partial charge in [-0.2, -0.15) is 0 Å². The number of hydrogen-bond donors (Lipinski definition) is 2. The molecular weight excluding hydrogens is 264 g/mol. The first kappa shape index (κ1) is 15.4. The van der Waals surface area contributed by atoms with Gasteiger partial charge in [0.15, 0.2) is 5.96 Å². The number of anilines is 1. The first-order chi connectivity index (χ1) is 10.2. The molecule has 0 aliphatic carbocycles. The zero-order chi connectivity index (χ0) is 15.1. The Hall–Kier alpha value is -2.04. The summed E-state index contributed by atoms with van der Waals surface area (Å²) in [6.07, 6.45) is 3.68. The molecular formula is C16H24N4O. The Bertz CT molecular complexity index is 490. The second kappa shape index (κ2) is 7.67. The lowest BCUT2D eigenvalue weighted by Crippen LogP contribution is -2.28. The minimum Gasteiger partial charge on any atom is -0.370 e. The van der Waals surface area contributed by atoms with E-state index in [1.165, 1.54) is 5.56 Å². The normalized spacial score (nSPS) is 15.3. The third kappa shape index (κ3) is 4.77. The lowest BCUT2D eigenvalue weighted by Gasteiger charge is -2.14. The summed E-state index contributed by atoms with van der Waals surface area (Å²) in [4.78, 5) is 18.0. The van der Waals surface area contributed by atoms with E-state index >= 15 is 0 Å². The van der Waals surface area contributed by atoms with Crippen molar-refractivity contribution in [2.45, 2.75) is 32.6 Å². The van der Waals surface area contributed by atoms with Crippen LogP contribution in [0.2, 0.25) is 0 Å². The molecule has 0 unspecified atom stereocenters. The number of aliphatic imine (C=N–C) groups is 1. The number of nitrogens with two attached hydrogens (primary N) is 1. The summed E-state index contributed by atoms with van der Waals surface area (Å²) in [6.45, 7) is 4.33. The smallest absolute Gasteiger partial charge is 0.224 e. The van der Waals surface area contributed by atoms with E-state index in [1.807, 2.05) is 17.0 Å². The van der Waals surface area contributed by atoms with Gasteiger partial charge < -0.3 is 16.0 Å². The van der Waals surface area contributed by atoms with Crippen molar-refractivity contribution in [3.63, 3.8) is 0 Å². The van der Waals surface area contributed by atoms with Gasteiger partial charge in [0.1, 0.15) is 0 Å². The highest BCUT2D eigenvalue weighted by molar-refractivity contribution is 5.92. The van der Waals surface area contributed by atoms with Gasteiger partial charge in [-0.25, -0.2) is 0 Å². The van der Waals surface area contributed by atoms with Gasteiger partial charge in [0.05, 0.1) is 6.54 Å². The third-order valence-electron chi connectivity index (χ3n) is 3.70. The van der Waals surface area contributed by atoms with Gasteiger partial charge in [0.2, 0.25) is 5.91 Å². The molecule has 21 heavy (non-hydrogen) atoms. The zero-order valence-electron chi connectivity index (χ0n) is 12.6. The highest BCUT2D eigenvalue weighted by atomic mass is 16.2. The number of hydrogen-bond acceptors (Lipinski definition) is 2. The maximum Gasteiger partial charge on any atom is 0.224 e. The van der Waals surface area contributed by atoms with Crippen LogP contribution >= 0.6 is 0 Å². The fourth-order valence-electron chi connectivity index (χ4n) is 2.41. The van der Waals surface area contributed by atoms with E-state index in [9.17, 15) is 4.79 Å². The van der Waals surface area contributed by atoms with Gasteiger partial charge in [-0.1, -0.05) is 19.1 Å². The van der Waals surface area contributed by atoms with Crippen molar-refractivity contribution in [1.82, 2.24) is 4.90 Å². The van der Waals surface area contributed by atoms with Gasteiger partial charge >= 0.3 is 0 Å². The molecule has 1 saturated heterocycles. The first-order valence-corrected chi connectivity index (χ1v) is 7.62. The number of carbonyl (C=O) groups excluding carboxylic acids is 1. The van der Waals surface area contributed by atoms with E-state index in [0.29, 0.717) is 18.9 Å². The number of amides is 1. The van der Waals surface area contributed by atoms with Crippen molar-refractivity contribution in [3.8, 4) is 0 Å². The molecule has 3 N–H and O–H groups in total. The van der Waals surface area contributed by atoms with Crippen LogP contribution in [0.4, 0.5) is 5.69 Å². The summed E-state index contributed by atoms with van der Waals surface area (Å²) >= 11 is 0. The van der Waals surface area contributed by atoms with Crippen molar-refractivity contribution in [2.24, 2.45) is 10.7 Å². The van der Waals surface area contributed by atoms with Crippen molar-refractivity contribution in [3.05, 3.63) is 29.8 Å². The molecule has 1 aromatic rings. The number of rotatable bonds is 5. The highest BCUT2D eigenvalue weighted by Gasteiger charge is 2.16. The zero-order valence-corrected chi connectivity index (χ0v) is 12.6. The Morgan fingerprint density at radius 1 is 1.29 bits per heavy atom. The van der Waals surface area contributed by atoms with Gasteiger partial charge in [0, 0.05) is 25.2 Å². The standard InChI is InChI=1S/C16H24N4O/c1-2-13-5-7-14(8-6-13)19-16(17)18-10-9-15(21)20-11-3-4-12-20/h5-8H,2-4,9-12H2,1H3,(H3,17,18,19). The first-order valence-electron chi connectivity index (χ1n) is 7.62. The van der Waals surface area contributed by atoms with E-state index in [4.69, 9.17) is 5.73 Å². The van der Waals surface area contributed by atoms with Crippen LogP contribution in [-0.2, 0) is 11.2 Å². The third-order valence-corrected chi connectivity index (χ3v) is 3.70. The second-order valence-corrected chi connectivity index (χ2v) is 5.28. The van der Waals surface area contributed by atoms with Crippen LogP contribution in [0.15, 0.2) is 29.3 Å². The van der Waals surface area contributed by atoms with Crippen LogP contribution in [0.25, 0.3) is 0 Å². The molecule has 0 saturated carbocycles. The molecule has 0 aromatic heterocycles. The maximum atomic E-state index is 11.9. The SMILES string of the molecule is CCc1ccc(NC(N)=NCCC(=O)N2CCCC2)cc1. The fraction of sp³-hybridized carbons (Fsp3) is 0.500. The minimum absolute atomic E-state index is 0.177. The lowest BCUT2D eigenvalue weighted by atomic mass is 10.1. The minimum atomic E-state index is 0.177. The molecule has 1 aromatic carbocycles. The molecule has 1 aliphatic heterocycles. The van der Waals surface area contributed by atoms with E-state index < -0.39 is 0 Å². The molecule has 1 amide bonds. The largest absolute Gasteiger partial charge is 0.370 e. The predicted octanol–water partition coefficient (Wildman–Crippen LogP) is 1.99. The number of nitrogens with one attached hydrogen (secondary N) is 1. The molecule has 1 fully saturated rings. The number of carbonyl (C=O) groups is 1. The van der Waals surface area contributed by atoms with E-state index in [1.54, 1.807) is 0 Å². The molecule has 0 radical (unpaired) electrons. The fourth-order valence-corrected chi connectivity index (χ4v) is 2.41. The molecule has 0 atom stereocenters. The number of likely N-dealkylation sites (tertiary alicyclic amines) is 1. The van der Waals surface area contributed by atoms with Crippen LogP contribution in [0.5, 0.6) is 0 Å². The van der Waals surface area contributed by atoms with Crippen LogP contribution < -0.4 is 11.1 Å². The van der Waals surface area contributed by atoms with Gasteiger partial charge in [0.25, 0.3) is 0 Å². The predicted molar refractivity (Wildman–Crippen MR) is 86.4 cm³/mol. The lowest BCUT2D eigenvalue weighted by molar-refractivity contribution is -0.129. The molecule has 1 aliphatic rings. The molecule has 2 rings (SSSR count). The Kier molecular flexibility index (Phi) is 5.60. The summed E-state index contributed by atoms with van der Waals surface area (Å²) in [5.74, 6) is 0.532. The van der Waals surface area contributed by atoms with Crippen LogP contribution in [0.1, 0.15) is 31.7 Å². The molecule has 0 spiro atoms. The van der Waals surface area contributed by atoms with Crippen LogP contribution in [0.3, 0.4) is 0 Å². The van der Waals surface area contributed by atoms with Gasteiger partial charge in [-0.15, -0.1) is 0 Å². The summed E-state index contributed by atoms with van der Waals surface area (Å²) in [7, 11) is 0. The molecule has 5 nitrogen and oxygen atoms in total. The van der Waals surface area contributed by atoms with Gasteiger partial charge in [-0.05, 0) is 37.0 Å². The Morgan fingerprint density at radius 3 is 2.57 bits per heavy atom. The number of benzene rings is 1. The van der Waals surface area contributed by atoms with Crippen molar-refractivity contribution in [1.29, 1.82) is 0 Å². The monoisotopic (exact) mass is 288 g/mol. The Labute approximate surface area is 126 Å². The summed E-state index contributed by atoms with van der Waals surface area (Å²) < 4.78 is 0. The molecule has 1 heterocycles. The van der Waals surface area contributed by atoms with E-state index in [2.05, 4.69) is 29.4 Å². The summed E-state index contributed by atoms with van der Waals surface area (Å²) in [6, 6.07) is 8.09. The van der Waals surface area contributed by atoms with Crippen molar-refractivity contribution >= 4 is 17.6 Å². The van der Waals surface area contributed by atoms with Crippen molar-refractivity contribution in [2.75, 3.05) is 25.0 Å². The van der Waals surface area contributed by atoms with Crippen LogP contribution in [-0.4, -0.2) is 36.4 Å². The highest BCUT2D eigenvalue weighted by Crippen LogP contribution is 2.10. The van der Waals surface area contributed by atoms with Crippen molar-refractivity contribution < 1.29 is 4.79 Å². The average molecular weight is 288 g/mol. The molecule has 114 valence electrons. The topological polar surface area (TPSA) is 70.7 Å². The second-order valence-electron chi connectivity index (χ2n) is 5.28. The molecule has 0 bridgehead atoms. The molecule has 5 heteroatoms. The van der Waals surface area contributed by atoms with E-state index in [0.717, 1.165) is 38.0 Å². The average Bonchev–Trinajstić information content (AvgIpc) is 3.02. The number of guanidine groups is 1. The maximum absolute atomic E-state index is 11.9. The van der Waals surface area contributed by atoms with Gasteiger partial charge in [-0.3, -0.25) is 9.79 Å². The van der Waals surface area contributed by atoms with E-state index in [-0.39, 0.29) is 5.91 Å². The Morgan fingerprint density at radius 2 is 1.95 bits per heavy atom. The summed E-state index contributed by atoms with van der Waals surface area (Å²) in [5.41, 5.74) is 8.03. The number of aryl methyl sites for hydroxylation is 1. The quantitative estimate of drug-likeness (QED) is 0.643. The summed E-state index contributed by atoms with van der Waals surface area (Å²) in [5, 5.41) is 3.04. The Balaban J connectivity index is 1.76. The number of nitrogens with zero attached hydrogens (tertiary/aromatic N) is 2. The van der Waals surface area contributed by atoms with Crippen LogP contribution in [0, 0.1) is 0 Å².